The van der Waals surface area contributed by atoms with E-state index in [2.05, 4.69) is 10.1 Å². The molecule has 1 N–H and O–H groups in total. The zero-order valence-electron chi connectivity index (χ0n) is 17.7. The fraction of sp³-hybridized carbons (Fsp3) is 0.217. The van der Waals surface area contributed by atoms with E-state index in [0.717, 1.165) is 22.8 Å². The van der Waals surface area contributed by atoms with Crippen molar-refractivity contribution in [2.75, 3.05) is 13.2 Å². The number of hydrogen-bond acceptors (Lipinski definition) is 6. The minimum atomic E-state index is -0.426. The molecule has 0 atom stereocenters. The molecule has 32 heavy (non-hydrogen) atoms. The molecule has 7 nitrogen and oxygen atoms in total. The molecule has 166 valence electrons. The van der Waals surface area contributed by atoms with E-state index in [1.54, 1.807) is 6.08 Å². The number of carbonyl (C=O) groups excluding carboxylic acids is 1. The van der Waals surface area contributed by atoms with Gasteiger partial charge in [-0.25, -0.2) is 0 Å². The molecule has 0 bridgehead atoms. The first-order valence-electron chi connectivity index (χ1n) is 9.95. The average Bonchev–Trinajstić information content (AvgIpc) is 3.20. The maximum atomic E-state index is 12.4. The van der Waals surface area contributed by atoms with Gasteiger partial charge in [0.05, 0.1) is 5.57 Å². The molecule has 0 saturated carbocycles. The van der Waals surface area contributed by atoms with Gasteiger partial charge in [0.15, 0.2) is 5.84 Å². The Morgan fingerprint density at radius 1 is 1.03 bits per heavy atom. The molecule has 2 aromatic carbocycles. The number of nitrogens with zero attached hydrogens (tertiary/aromatic N) is 3. The van der Waals surface area contributed by atoms with E-state index < -0.39 is 5.91 Å². The first-order valence-corrected chi connectivity index (χ1v) is 10.8. The number of halogens is 1. The zero-order valence-corrected chi connectivity index (χ0v) is 19.3. The average molecular weight is 471 g/mol. The maximum absolute atomic E-state index is 12.4. The second-order valence-corrected chi connectivity index (χ2v) is 7.99. The maximum Gasteiger partial charge on any atom is 0.283 e. The summed E-state index contributed by atoms with van der Waals surface area (Å²) in [5, 5.41) is 15.4. The summed E-state index contributed by atoms with van der Waals surface area (Å²) in [6, 6.07) is 15.2. The van der Waals surface area contributed by atoms with Crippen molar-refractivity contribution in [1.29, 1.82) is 5.41 Å². The molecule has 0 saturated heterocycles. The molecule has 2 aromatic rings. The Morgan fingerprint density at radius 2 is 1.62 bits per heavy atom. The van der Waals surface area contributed by atoms with Gasteiger partial charge in [-0.2, -0.15) is 15.1 Å². The lowest BCUT2D eigenvalue weighted by Crippen LogP contribution is -2.35. The van der Waals surface area contributed by atoms with Crippen LogP contribution in [0.4, 0.5) is 0 Å². The van der Waals surface area contributed by atoms with Crippen LogP contribution in [0.2, 0.25) is 0 Å². The van der Waals surface area contributed by atoms with Gasteiger partial charge in [-0.3, -0.25) is 10.2 Å². The number of aryl methyl sites for hydroxylation is 1. The Morgan fingerprint density at radius 3 is 2.22 bits per heavy atom. The third-order valence-electron chi connectivity index (χ3n) is 4.63. The number of amidine groups is 2. The van der Waals surface area contributed by atoms with Crippen molar-refractivity contribution < 1.29 is 14.3 Å². The smallest absolute Gasteiger partial charge is 0.283 e. The number of hydrazone groups is 1. The minimum absolute atomic E-state index is 0. The first-order chi connectivity index (χ1) is 15.0. The van der Waals surface area contributed by atoms with Crippen molar-refractivity contribution >= 4 is 52.2 Å². The highest BCUT2D eigenvalue weighted by Gasteiger charge is 2.34. The molecule has 2 aliphatic rings. The molecule has 2 heterocycles. The van der Waals surface area contributed by atoms with Gasteiger partial charge in [-0.05, 0) is 61.0 Å². The molecule has 0 aliphatic carbocycles. The van der Waals surface area contributed by atoms with Gasteiger partial charge in [0.2, 0.25) is 5.17 Å². The minimum Gasteiger partial charge on any atom is -0.490 e. The fourth-order valence-corrected chi connectivity index (χ4v) is 3.78. The molecule has 0 fully saturated rings. The van der Waals surface area contributed by atoms with Gasteiger partial charge in [-0.15, -0.1) is 12.4 Å². The number of ether oxygens (including phenoxy) is 2. The summed E-state index contributed by atoms with van der Waals surface area (Å²) in [6.45, 7) is 4.87. The number of nitrogens with one attached hydrogen (secondary N) is 1. The third-order valence-corrected chi connectivity index (χ3v) is 5.68. The monoisotopic (exact) mass is 470 g/mol. The first kappa shape index (κ1) is 23.6. The summed E-state index contributed by atoms with van der Waals surface area (Å²) in [6.07, 6.45) is 2.39. The van der Waals surface area contributed by atoms with Crippen LogP contribution in [0.15, 0.2) is 64.2 Å². The molecule has 1 amide bonds. The van der Waals surface area contributed by atoms with E-state index in [4.69, 9.17) is 14.9 Å². The predicted octanol–water partition coefficient (Wildman–Crippen LogP) is 4.90. The number of rotatable bonds is 7. The van der Waals surface area contributed by atoms with Gasteiger partial charge in [0.1, 0.15) is 29.8 Å². The second kappa shape index (κ2) is 10.5. The van der Waals surface area contributed by atoms with Crippen LogP contribution in [0, 0.1) is 12.3 Å². The third kappa shape index (κ3) is 5.38. The van der Waals surface area contributed by atoms with E-state index in [-0.39, 0.29) is 23.8 Å². The lowest BCUT2D eigenvalue weighted by molar-refractivity contribution is -0.114. The Balaban J connectivity index is 0.00000289. The number of aliphatic imine (C=N–C) groups is 1. The number of fused-ring (bicyclic) bond motifs is 1. The molecule has 0 spiro atoms. The molecular weight excluding hydrogens is 448 g/mol. The summed E-state index contributed by atoms with van der Waals surface area (Å²) in [5.41, 5.74) is 2.18. The van der Waals surface area contributed by atoms with Crippen molar-refractivity contribution in [3.63, 3.8) is 0 Å². The van der Waals surface area contributed by atoms with E-state index in [9.17, 15) is 4.79 Å². The van der Waals surface area contributed by atoms with Crippen LogP contribution in [0.5, 0.6) is 11.5 Å². The van der Waals surface area contributed by atoms with Crippen molar-refractivity contribution in [1.82, 2.24) is 5.01 Å². The van der Waals surface area contributed by atoms with E-state index in [1.807, 2.05) is 62.4 Å². The Bertz CT molecular complexity index is 1100. The van der Waals surface area contributed by atoms with Crippen LogP contribution in [-0.4, -0.2) is 40.2 Å². The lowest BCUT2D eigenvalue weighted by atomic mass is 10.1. The molecule has 9 heteroatoms. The van der Waals surface area contributed by atoms with Crippen LogP contribution in [-0.2, 0) is 4.79 Å². The highest BCUT2D eigenvalue weighted by molar-refractivity contribution is 8.26. The van der Waals surface area contributed by atoms with Crippen LogP contribution >= 0.6 is 24.2 Å². The summed E-state index contributed by atoms with van der Waals surface area (Å²) in [4.78, 5) is 16.5. The molecular formula is C23H23ClN4O3S. The van der Waals surface area contributed by atoms with Crippen LogP contribution in [0.25, 0.3) is 6.08 Å². The van der Waals surface area contributed by atoms with Crippen molar-refractivity contribution in [3.05, 3.63) is 65.2 Å². The number of hydrogen-bond donors (Lipinski definition) is 1. The van der Waals surface area contributed by atoms with Crippen LogP contribution in [0.3, 0.4) is 0 Å². The van der Waals surface area contributed by atoms with Crippen LogP contribution < -0.4 is 9.47 Å². The van der Waals surface area contributed by atoms with Gasteiger partial charge in [0.25, 0.3) is 5.91 Å². The molecule has 0 radical (unpaired) electrons. The summed E-state index contributed by atoms with van der Waals surface area (Å²) in [5.74, 6) is 1.13. The number of amides is 1. The lowest BCUT2D eigenvalue weighted by Gasteiger charge is -2.20. The summed E-state index contributed by atoms with van der Waals surface area (Å²) < 4.78 is 11.4. The molecule has 0 aromatic heterocycles. The Kier molecular flexibility index (Phi) is 7.71. The molecule has 2 aliphatic heterocycles. The normalized spacial score (nSPS) is 16.3. The van der Waals surface area contributed by atoms with Crippen LogP contribution in [0.1, 0.15) is 24.5 Å². The second-order valence-electron chi connectivity index (χ2n) is 6.95. The SMILES string of the molecule is CCC1=NN2C(=N)/C(=C/c3ccc(OCCOc4ccc(C)cc4)cc3)C(=O)N=C2S1.Cl. The topological polar surface area (TPSA) is 87.3 Å². The number of benzene rings is 2. The predicted molar refractivity (Wildman–Crippen MR) is 131 cm³/mol. The van der Waals surface area contributed by atoms with E-state index in [0.29, 0.717) is 24.1 Å². The zero-order chi connectivity index (χ0) is 21.8. The fourth-order valence-electron chi connectivity index (χ4n) is 2.96. The van der Waals surface area contributed by atoms with E-state index in [1.165, 1.54) is 22.3 Å². The van der Waals surface area contributed by atoms with Crippen molar-refractivity contribution in [2.24, 2.45) is 10.1 Å². The van der Waals surface area contributed by atoms with Crippen molar-refractivity contribution in [2.45, 2.75) is 20.3 Å². The highest BCUT2D eigenvalue weighted by atomic mass is 35.5. The Labute approximate surface area is 197 Å². The highest BCUT2D eigenvalue weighted by Crippen LogP contribution is 2.29. The summed E-state index contributed by atoms with van der Waals surface area (Å²) in [7, 11) is 0. The van der Waals surface area contributed by atoms with Crippen molar-refractivity contribution in [3.8, 4) is 11.5 Å². The van der Waals surface area contributed by atoms with E-state index >= 15 is 0 Å². The Hall–Kier alpha value is -3.10. The van der Waals surface area contributed by atoms with Gasteiger partial charge in [0, 0.05) is 0 Å². The van der Waals surface area contributed by atoms with Gasteiger partial charge in [-0.1, -0.05) is 36.8 Å². The quantitative estimate of drug-likeness (QED) is 0.459. The number of carbonyl (C=O) groups is 1. The summed E-state index contributed by atoms with van der Waals surface area (Å²) >= 11 is 1.33. The standard InChI is InChI=1S/C23H22N4O3S.ClH/c1-3-20-26-27-21(24)19(22(28)25-23(27)31-20)14-16-6-10-18(11-7-16)30-13-12-29-17-8-4-15(2)5-9-17;/h4-11,14,24H,3,12-13H2,1-2H3;1H/b19-14-,24-21?;. The van der Waals surface area contributed by atoms with Gasteiger partial charge >= 0.3 is 0 Å². The number of thioether (sulfide) groups is 1. The van der Waals surface area contributed by atoms with Gasteiger partial charge < -0.3 is 9.47 Å². The molecule has 0 unspecified atom stereocenters. The molecule has 4 rings (SSSR count). The largest absolute Gasteiger partial charge is 0.490 e.